The minimum absolute atomic E-state index is 0.0689. The van der Waals surface area contributed by atoms with Gasteiger partial charge in [0.15, 0.2) is 0 Å². The van der Waals surface area contributed by atoms with Gasteiger partial charge in [-0.25, -0.2) is 8.42 Å². The number of nitrogens with one attached hydrogen (secondary N) is 2. The first-order valence-electron chi connectivity index (χ1n) is 10.5. The van der Waals surface area contributed by atoms with E-state index in [4.69, 9.17) is 11.6 Å². The van der Waals surface area contributed by atoms with Crippen LogP contribution in [-0.4, -0.2) is 20.2 Å². The molecule has 0 fully saturated rings. The third-order valence-electron chi connectivity index (χ3n) is 5.01. The van der Waals surface area contributed by atoms with Crippen LogP contribution in [0, 0.1) is 6.92 Å². The highest BCUT2D eigenvalue weighted by molar-refractivity contribution is 7.91. The molecule has 0 saturated heterocycles. The summed E-state index contributed by atoms with van der Waals surface area (Å²) >= 11 is 6.14. The minimum atomic E-state index is -3.91. The summed E-state index contributed by atoms with van der Waals surface area (Å²) < 4.78 is 26.5. The number of amides is 2. The zero-order valence-corrected chi connectivity index (χ0v) is 20.0. The maximum absolute atomic E-state index is 13.3. The Kier molecular flexibility index (Phi) is 7.89. The molecule has 0 atom stereocenters. The average Bonchev–Trinajstić information content (AvgIpc) is 2.78. The predicted molar refractivity (Wildman–Crippen MR) is 129 cm³/mol. The Bertz CT molecular complexity index is 1270. The Morgan fingerprint density at radius 1 is 0.970 bits per heavy atom. The molecule has 0 unspecified atom stereocenters. The quantitative estimate of drug-likeness (QED) is 0.462. The van der Waals surface area contributed by atoms with Crippen molar-refractivity contribution in [3.8, 4) is 0 Å². The van der Waals surface area contributed by atoms with Crippen LogP contribution in [0.15, 0.2) is 76.5 Å². The summed E-state index contributed by atoms with van der Waals surface area (Å²) in [5.41, 5.74) is 1.97. The summed E-state index contributed by atoms with van der Waals surface area (Å²) in [5, 5.41) is 5.96. The molecule has 0 saturated carbocycles. The molecule has 6 nitrogen and oxygen atoms in total. The Morgan fingerprint density at radius 2 is 1.67 bits per heavy atom. The van der Waals surface area contributed by atoms with E-state index in [1.54, 1.807) is 30.3 Å². The number of hydrogen-bond donors (Lipinski definition) is 2. The number of aryl methyl sites for hydroxylation is 1. The van der Waals surface area contributed by atoms with Crippen molar-refractivity contribution in [2.24, 2.45) is 0 Å². The first-order valence-corrected chi connectivity index (χ1v) is 12.4. The van der Waals surface area contributed by atoms with Gasteiger partial charge in [-0.05, 0) is 55.3 Å². The number of carbonyl (C=O) groups excluding carboxylic acids is 2. The van der Waals surface area contributed by atoms with Crippen LogP contribution in [0.1, 0.15) is 41.3 Å². The molecular weight excluding hydrogens is 460 g/mol. The highest BCUT2D eigenvalue weighted by Gasteiger charge is 2.23. The van der Waals surface area contributed by atoms with Crippen molar-refractivity contribution in [3.05, 3.63) is 88.4 Å². The van der Waals surface area contributed by atoms with Crippen LogP contribution in [0.4, 0.5) is 5.69 Å². The van der Waals surface area contributed by atoms with Gasteiger partial charge in [0.2, 0.25) is 15.7 Å². The van der Waals surface area contributed by atoms with Gasteiger partial charge < -0.3 is 10.6 Å². The molecule has 0 aromatic heterocycles. The summed E-state index contributed by atoms with van der Waals surface area (Å²) in [6.07, 6.45) is 0.830. The molecule has 8 heteroatoms. The molecule has 2 N–H and O–H groups in total. The summed E-state index contributed by atoms with van der Waals surface area (Å²) in [4.78, 5) is 25.1. The molecule has 3 rings (SSSR count). The van der Waals surface area contributed by atoms with Crippen LogP contribution < -0.4 is 10.6 Å². The summed E-state index contributed by atoms with van der Waals surface area (Å²) in [7, 11) is -3.91. The molecule has 3 aromatic rings. The van der Waals surface area contributed by atoms with E-state index in [2.05, 4.69) is 10.6 Å². The van der Waals surface area contributed by atoms with Crippen molar-refractivity contribution in [1.82, 2.24) is 5.32 Å². The van der Waals surface area contributed by atoms with Crippen LogP contribution >= 0.6 is 11.6 Å². The van der Waals surface area contributed by atoms with Gasteiger partial charge >= 0.3 is 0 Å². The average molecular weight is 485 g/mol. The lowest BCUT2D eigenvalue weighted by atomic mass is 10.1. The van der Waals surface area contributed by atoms with Crippen molar-refractivity contribution in [1.29, 1.82) is 0 Å². The highest BCUT2D eigenvalue weighted by Crippen LogP contribution is 2.29. The maximum atomic E-state index is 13.3. The van der Waals surface area contributed by atoms with Crippen LogP contribution in [0.25, 0.3) is 0 Å². The van der Waals surface area contributed by atoms with Crippen molar-refractivity contribution in [2.45, 2.75) is 43.0 Å². The molecule has 172 valence electrons. The normalized spacial score (nSPS) is 11.1. The van der Waals surface area contributed by atoms with Crippen molar-refractivity contribution in [3.63, 3.8) is 0 Å². The van der Waals surface area contributed by atoms with E-state index in [0.29, 0.717) is 11.4 Å². The Labute approximate surface area is 198 Å². The van der Waals surface area contributed by atoms with Gasteiger partial charge in [0.25, 0.3) is 5.91 Å². The highest BCUT2D eigenvalue weighted by atomic mass is 35.5. The zero-order valence-electron chi connectivity index (χ0n) is 18.4. The first kappa shape index (κ1) is 24.5. The molecular formula is C25H25ClN2O4S. The number of sulfone groups is 1. The summed E-state index contributed by atoms with van der Waals surface area (Å²) in [5.74, 6) is -0.744. The number of carbonyl (C=O) groups is 2. The fraction of sp³-hybridized carbons (Fsp3) is 0.200. The molecule has 0 radical (unpaired) electrons. The van der Waals surface area contributed by atoms with E-state index in [1.807, 2.05) is 19.9 Å². The fourth-order valence-electron chi connectivity index (χ4n) is 3.21. The molecule has 0 bridgehead atoms. The number of halogens is 1. The minimum Gasteiger partial charge on any atom is -0.348 e. The van der Waals surface area contributed by atoms with E-state index in [-0.39, 0.29) is 39.9 Å². The van der Waals surface area contributed by atoms with Crippen LogP contribution in [-0.2, 0) is 21.2 Å². The SMILES string of the molecule is CCCC(=O)Nc1cc(C(=O)NCc2ccccc2Cl)ccc1S(=O)(=O)c1ccc(C)cc1. The second-order valence-electron chi connectivity index (χ2n) is 7.60. The molecule has 0 aliphatic carbocycles. The molecule has 0 aliphatic rings. The van der Waals surface area contributed by atoms with Crippen molar-refractivity contribution >= 4 is 38.9 Å². The molecule has 3 aromatic carbocycles. The van der Waals surface area contributed by atoms with Crippen LogP contribution in [0.2, 0.25) is 5.02 Å². The first-order chi connectivity index (χ1) is 15.7. The van der Waals surface area contributed by atoms with Crippen LogP contribution in [0.5, 0.6) is 0 Å². The zero-order chi connectivity index (χ0) is 24.0. The van der Waals surface area contributed by atoms with E-state index in [1.165, 1.54) is 30.3 Å². The van der Waals surface area contributed by atoms with E-state index in [0.717, 1.165) is 11.1 Å². The monoisotopic (exact) mass is 484 g/mol. The Balaban J connectivity index is 1.94. The largest absolute Gasteiger partial charge is 0.348 e. The molecule has 2 amide bonds. The van der Waals surface area contributed by atoms with Crippen molar-refractivity contribution in [2.75, 3.05) is 5.32 Å². The van der Waals surface area contributed by atoms with Gasteiger partial charge in [-0.1, -0.05) is 54.4 Å². The van der Waals surface area contributed by atoms with Gasteiger partial charge in [-0.2, -0.15) is 0 Å². The Hall–Kier alpha value is -3.16. The lowest BCUT2D eigenvalue weighted by Crippen LogP contribution is -2.23. The fourth-order valence-corrected chi connectivity index (χ4v) is 4.80. The third-order valence-corrected chi connectivity index (χ3v) is 7.21. The van der Waals surface area contributed by atoms with Gasteiger partial charge in [0.05, 0.1) is 15.5 Å². The van der Waals surface area contributed by atoms with Gasteiger partial charge in [0, 0.05) is 23.6 Å². The van der Waals surface area contributed by atoms with Gasteiger partial charge in [-0.15, -0.1) is 0 Å². The topological polar surface area (TPSA) is 92.3 Å². The van der Waals surface area contributed by atoms with E-state index >= 15 is 0 Å². The Morgan fingerprint density at radius 3 is 2.33 bits per heavy atom. The van der Waals surface area contributed by atoms with Gasteiger partial charge in [0.1, 0.15) is 0 Å². The number of anilines is 1. The predicted octanol–water partition coefficient (Wildman–Crippen LogP) is 5.15. The lowest BCUT2D eigenvalue weighted by Gasteiger charge is -2.14. The van der Waals surface area contributed by atoms with Crippen molar-refractivity contribution < 1.29 is 18.0 Å². The second kappa shape index (κ2) is 10.6. The van der Waals surface area contributed by atoms with E-state index in [9.17, 15) is 18.0 Å². The summed E-state index contributed by atoms with van der Waals surface area (Å²) in [6, 6.07) is 17.8. The molecule has 0 heterocycles. The van der Waals surface area contributed by atoms with Crippen LogP contribution in [0.3, 0.4) is 0 Å². The second-order valence-corrected chi connectivity index (χ2v) is 9.92. The van der Waals surface area contributed by atoms with E-state index < -0.39 is 15.7 Å². The smallest absolute Gasteiger partial charge is 0.251 e. The van der Waals surface area contributed by atoms with Gasteiger partial charge in [-0.3, -0.25) is 9.59 Å². The number of benzene rings is 3. The molecule has 33 heavy (non-hydrogen) atoms. The number of hydrogen-bond acceptors (Lipinski definition) is 4. The lowest BCUT2D eigenvalue weighted by molar-refractivity contribution is -0.116. The maximum Gasteiger partial charge on any atom is 0.251 e. The standard InChI is InChI=1S/C25H25ClN2O4S/c1-3-6-24(29)28-22-15-18(25(30)27-16-19-7-4-5-8-21(19)26)11-14-23(22)33(31,32)20-12-9-17(2)10-13-20/h4-5,7-15H,3,6,16H2,1-2H3,(H,27,30)(H,28,29). The third kappa shape index (κ3) is 6.00. The molecule has 0 spiro atoms. The molecule has 0 aliphatic heterocycles. The number of rotatable bonds is 8. The summed E-state index contributed by atoms with van der Waals surface area (Å²) in [6.45, 7) is 3.92.